The summed E-state index contributed by atoms with van der Waals surface area (Å²) in [6.45, 7) is 2.20. The zero-order valence-electron chi connectivity index (χ0n) is 28.6. The van der Waals surface area contributed by atoms with E-state index in [0.717, 1.165) is 16.8 Å². The van der Waals surface area contributed by atoms with Crippen molar-refractivity contribution in [3.05, 3.63) is 142 Å². The third-order valence-corrected chi connectivity index (χ3v) is 7.62. The fourth-order valence-corrected chi connectivity index (χ4v) is 5.35. The van der Waals surface area contributed by atoms with Crippen LogP contribution in [-0.2, 0) is 19.8 Å². The van der Waals surface area contributed by atoms with Crippen LogP contribution in [0.25, 0.3) is 22.8 Å². The smallest absolute Gasteiger partial charge is 0.416 e. The fraction of sp³-hybridized carbons (Fsp3) is 0.216. The summed E-state index contributed by atoms with van der Waals surface area (Å²) in [7, 11) is 7.44. The van der Waals surface area contributed by atoms with Crippen LogP contribution in [0.3, 0.4) is 0 Å². The van der Waals surface area contributed by atoms with Gasteiger partial charge in [0.15, 0.2) is 5.76 Å². The molecule has 0 aliphatic carbocycles. The average Bonchev–Trinajstić information content (AvgIpc) is 3.82. The third kappa shape index (κ3) is 8.34. The van der Waals surface area contributed by atoms with Crippen LogP contribution in [0, 0.1) is 11.3 Å². The number of nitrogens with one attached hydrogen (secondary N) is 1. The highest BCUT2D eigenvalue weighted by Crippen LogP contribution is 2.31. The molecule has 6 aromatic rings. The SMILES string of the molecule is CC(NC(=O)c1c(-c2ccnn2-c2ccc(C#N)cc2)n(C)n(-c2cccc(C(F)(F)F)c2)c1=O)c1ncc(C[N+](C)(C)C)o1.c1ccccc1. The molecule has 51 heavy (non-hydrogen) atoms. The summed E-state index contributed by atoms with van der Waals surface area (Å²) in [5.41, 5.74) is -0.861. The second-order valence-corrected chi connectivity index (χ2v) is 12.7. The Morgan fingerprint density at radius 2 is 1.63 bits per heavy atom. The molecule has 6 rings (SSSR count). The van der Waals surface area contributed by atoms with Gasteiger partial charge in [-0.1, -0.05) is 42.5 Å². The van der Waals surface area contributed by atoms with Crippen molar-refractivity contribution in [1.82, 2.24) is 29.4 Å². The Kier molecular flexibility index (Phi) is 10.4. The summed E-state index contributed by atoms with van der Waals surface area (Å²) in [5.74, 6) is 0.0464. The highest BCUT2D eigenvalue weighted by Gasteiger charge is 2.33. The second kappa shape index (κ2) is 14.7. The van der Waals surface area contributed by atoms with E-state index < -0.39 is 29.2 Å². The number of alkyl halides is 3. The second-order valence-electron chi connectivity index (χ2n) is 12.7. The Labute approximate surface area is 292 Å². The molecular weight excluding hydrogens is 661 g/mol. The van der Waals surface area contributed by atoms with E-state index >= 15 is 0 Å². The van der Waals surface area contributed by atoms with Crippen LogP contribution in [0.1, 0.15) is 46.1 Å². The van der Waals surface area contributed by atoms with E-state index in [4.69, 9.17) is 4.42 Å². The molecule has 14 heteroatoms. The maximum Gasteiger partial charge on any atom is 0.416 e. The Morgan fingerprint density at radius 3 is 2.22 bits per heavy atom. The number of carbonyl (C=O) groups is 1. The van der Waals surface area contributed by atoms with Gasteiger partial charge in [-0.25, -0.2) is 14.3 Å². The zero-order chi connectivity index (χ0) is 36.9. The summed E-state index contributed by atoms with van der Waals surface area (Å²) >= 11 is 0. The average molecular weight is 698 g/mol. The van der Waals surface area contributed by atoms with Gasteiger partial charge in [-0.15, -0.1) is 0 Å². The van der Waals surface area contributed by atoms with E-state index in [-0.39, 0.29) is 22.8 Å². The van der Waals surface area contributed by atoms with Crippen LogP contribution in [0.4, 0.5) is 13.2 Å². The van der Waals surface area contributed by atoms with Crippen LogP contribution < -0.4 is 10.9 Å². The molecule has 0 saturated heterocycles. The highest BCUT2D eigenvalue weighted by atomic mass is 19.4. The number of halogens is 3. The van der Waals surface area contributed by atoms with Gasteiger partial charge in [0.25, 0.3) is 11.5 Å². The normalized spacial score (nSPS) is 12.1. The van der Waals surface area contributed by atoms with Crippen molar-refractivity contribution >= 4 is 5.91 Å². The van der Waals surface area contributed by atoms with Crippen molar-refractivity contribution in [1.29, 1.82) is 5.26 Å². The van der Waals surface area contributed by atoms with Gasteiger partial charge in [0.2, 0.25) is 5.89 Å². The molecule has 0 fully saturated rings. The summed E-state index contributed by atoms with van der Waals surface area (Å²) in [6.07, 6.45) is -1.61. The van der Waals surface area contributed by atoms with Gasteiger partial charge in [0, 0.05) is 7.05 Å². The molecular formula is C37H36F3N8O3+. The van der Waals surface area contributed by atoms with Crippen LogP contribution in [0.2, 0.25) is 0 Å². The lowest BCUT2D eigenvalue weighted by atomic mass is 10.1. The molecule has 3 aromatic carbocycles. The number of oxazole rings is 1. The van der Waals surface area contributed by atoms with E-state index in [1.54, 1.807) is 43.5 Å². The van der Waals surface area contributed by atoms with E-state index in [1.165, 1.54) is 34.7 Å². The van der Waals surface area contributed by atoms with Crippen molar-refractivity contribution in [2.24, 2.45) is 7.05 Å². The molecule has 11 nitrogen and oxygen atoms in total. The monoisotopic (exact) mass is 697 g/mol. The van der Waals surface area contributed by atoms with Gasteiger partial charge in [-0.2, -0.15) is 23.5 Å². The molecule has 0 bridgehead atoms. The maximum absolute atomic E-state index is 14.0. The number of rotatable bonds is 8. The van der Waals surface area contributed by atoms with Crippen LogP contribution in [-0.4, -0.2) is 55.7 Å². The van der Waals surface area contributed by atoms with E-state index in [2.05, 4.69) is 15.4 Å². The number of nitrogens with zero attached hydrogens (tertiary/aromatic N) is 7. The Hall–Kier alpha value is -6.20. The number of carbonyl (C=O) groups excluding carboxylic acids is 1. The largest absolute Gasteiger partial charge is 0.437 e. The van der Waals surface area contributed by atoms with Crippen molar-refractivity contribution in [2.75, 3.05) is 21.1 Å². The minimum absolute atomic E-state index is 0.0900. The van der Waals surface area contributed by atoms with Crippen LogP contribution in [0.15, 0.2) is 113 Å². The van der Waals surface area contributed by atoms with E-state index in [1.807, 2.05) is 63.6 Å². The van der Waals surface area contributed by atoms with Crippen molar-refractivity contribution in [2.45, 2.75) is 25.7 Å². The molecule has 0 aliphatic heterocycles. The third-order valence-electron chi connectivity index (χ3n) is 7.62. The molecule has 1 amide bonds. The lowest BCUT2D eigenvalue weighted by molar-refractivity contribution is -0.884. The van der Waals surface area contributed by atoms with Gasteiger partial charge >= 0.3 is 6.18 Å². The van der Waals surface area contributed by atoms with Gasteiger partial charge < -0.3 is 14.2 Å². The lowest BCUT2D eigenvalue weighted by Crippen LogP contribution is -2.33. The summed E-state index contributed by atoms with van der Waals surface area (Å²) < 4.78 is 51.1. The summed E-state index contributed by atoms with van der Waals surface area (Å²) in [5, 5.41) is 16.3. The first-order valence-electron chi connectivity index (χ1n) is 15.8. The highest BCUT2D eigenvalue weighted by molar-refractivity contribution is 6.00. The Bertz CT molecular complexity index is 2190. The Balaban J connectivity index is 0.000000761. The molecule has 0 saturated carbocycles. The van der Waals surface area contributed by atoms with Crippen LogP contribution in [0.5, 0.6) is 0 Å². The van der Waals surface area contributed by atoms with Crippen molar-refractivity contribution < 1.29 is 26.9 Å². The van der Waals surface area contributed by atoms with Gasteiger partial charge in [-0.05, 0) is 55.5 Å². The topological polar surface area (TPSA) is 124 Å². The summed E-state index contributed by atoms with van der Waals surface area (Å²) in [6, 6.07) is 25.6. The van der Waals surface area contributed by atoms with Crippen LogP contribution >= 0.6 is 0 Å². The van der Waals surface area contributed by atoms with Gasteiger partial charge in [0.05, 0.1) is 67.8 Å². The molecule has 0 radical (unpaired) electrons. The summed E-state index contributed by atoms with van der Waals surface area (Å²) in [4.78, 5) is 32.2. The van der Waals surface area contributed by atoms with E-state index in [0.29, 0.717) is 33.7 Å². The number of nitriles is 1. The van der Waals surface area contributed by atoms with Crippen molar-refractivity contribution in [3.8, 4) is 28.8 Å². The molecule has 1 unspecified atom stereocenters. The quantitative estimate of drug-likeness (QED) is 0.187. The lowest BCUT2D eigenvalue weighted by Gasteiger charge is -2.21. The predicted octanol–water partition coefficient (Wildman–Crippen LogP) is 6.29. The first kappa shape index (κ1) is 36.1. The first-order valence-corrected chi connectivity index (χ1v) is 15.8. The molecule has 0 spiro atoms. The molecule has 262 valence electrons. The molecule has 1 atom stereocenters. The Morgan fingerprint density at radius 1 is 0.980 bits per heavy atom. The fourth-order valence-electron chi connectivity index (χ4n) is 5.35. The maximum atomic E-state index is 14.0. The standard InChI is InChI=1S/C31H29F3N8O3.C6H6/c1-19(29-36-17-24(45-29)18-42(3,4)5)38-28(43)26-27(25-13-14-37-40(25)22-11-9-20(16-35)10-12-22)39(2)41(30(26)44)23-8-6-7-21(15-23)31(32,33)34;1-2-4-6-5-3-1/h6-15,17,19H,18H2,1-5H3;1-6H/p+1. The van der Waals surface area contributed by atoms with E-state index in [9.17, 15) is 28.0 Å². The number of benzene rings is 3. The van der Waals surface area contributed by atoms with Gasteiger partial charge in [-0.3, -0.25) is 14.3 Å². The first-order chi connectivity index (χ1) is 24.2. The minimum atomic E-state index is -4.65. The number of hydrogen-bond donors (Lipinski definition) is 1. The minimum Gasteiger partial charge on any atom is -0.437 e. The number of hydrogen-bond acceptors (Lipinski definition) is 6. The number of aromatic nitrogens is 5. The predicted molar refractivity (Wildman–Crippen MR) is 184 cm³/mol. The number of amides is 1. The molecule has 3 heterocycles. The van der Waals surface area contributed by atoms with Crippen molar-refractivity contribution in [3.63, 3.8) is 0 Å². The zero-order valence-corrected chi connectivity index (χ0v) is 28.6. The molecule has 1 N–H and O–H groups in total. The number of quaternary nitrogens is 1. The van der Waals surface area contributed by atoms with Gasteiger partial charge in [0.1, 0.15) is 23.8 Å². The molecule has 0 aliphatic rings. The molecule has 3 aromatic heterocycles.